The van der Waals surface area contributed by atoms with Crippen LogP contribution in [0.5, 0.6) is 0 Å². The fourth-order valence-electron chi connectivity index (χ4n) is 1.73. The van der Waals surface area contributed by atoms with Crippen molar-refractivity contribution < 1.29 is 0 Å². The first kappa shape index (κ1) is 8.58. The van der Waals surface area contributed by atoms with Crippen LogP contribution in [-0.2, 0) is 0 Å². The molecule has 66 valence electrons. The molecule has 0 spiro atoms. The number of rotatable bonds is 0. The number of benzene rings is 1. The number of nitrogens with zero attached hydrogens (tertiary/aromatic N) is 2. The molecule has 1 aliphatic rings. The van der Waals surface area contributed by atoms with E-state index in [9.17, 15) is 0 Å². The van der Waals surface area contributed by atoms with Crippen molar-refractivity contribution in [3.8, 4) is 6.19 Å². The summed E-state index contributed by atoms with van der Waals surface area (Å²) in [6.45, 7) is 2.95. The molecule has 0 aliphatic carbocycles. The molecule has 1 aromatic rings. The Hall–Kier alpha value is -1.01. The minimum atomic E-state index is 0.451. The van der Waals surface area contributed by atoms with E-state index in [1.165, 1.54) is 5.56 Å². The van der Waals surface area contributed by atoms with Crippen molar-refractivity contribution in [2.24, 2.45) is 0 Å². The lowest BCUT2D eigenvalue weighted by Crippen LogP contribution is -2.13. The average Bonchev–Trinajstić information content (AvgIpc) is 2.43. The molecule has 2 nitrogen and oxygen atoms in total. The van der Waals surface area contributed by atoms with Gasteiger partial charge in [-0.3, -0.25) is 4.90 Å². The van der Waals surface area contributed by atoms with Gasteiger partial charge in [0.15, 0.2) is 6.19 Å². The molecule has 1 atom stereocenters. The SMILES string of the molecule is CC1CN(C#N)c2ccc(Br)cc21. The Labute approximate surface area is 85.9 Å². The van der Waals surface area contributed by atoms with Crippen molar-refractivity contribution in [2.75, 3.05) is 11.4 Å². The van der Waals surface area contributed by atoms with Gasteiger partial charge in [-0.15, -0.1) is 0 Å². The summed E-state index contributed by atoms with van der Waals surface area (Å²) in [5.41, 5.74) is 2.31. The van der Waals surface area contributed by atoms with Crippen LogP contribution < -0.4 is 4.90 Å². The van der Waals surface area contributed by atoms with Crippen LogP contribution in [0.3, 0.4) is 0 Å². The van der Waals surface area contributed by atoms with E-state index in [1.54, 1.807) is 4.90 Å². The average molecular weight is 237 g/mol. The second kappa shape index (κ2) is 3.04. The van der Waals surface area contributed by atoms with Gasteiger partial charge >= 0.3 is 0 Å². The third-order valence-corrected chi connectivity index (χ3v) is 2.88. The summed E-state index contributed by atoms with van der Waals surface area (Å²) in [6, 6.07) is 6.06. The first-order valence-electron chi connectivity index (χ1n) is 4.19. The Morgan fingerprint density at radius 3 is 3.08 bits per heavy atom. The van der Waals surface area contributed by atoms with Crippen molar-refractivity contribution in [3.63, 3.8) is 0 Å². The highest BCUT2D eigenvalue weighted by Gasteiger charge is 2.25. The Kier molecular flexibility index (Phi) is 2.01. The first-order valence-corrected chi connectivity index (χ1v) is 4.98. The van der Waals surface area contributed by atoms with Crippen molar-refractivity contribution >= 4 is 21.6 Å². The summed E-state index contributed by atoms with van der Waals surface area (Å²) in [6.07, 6.45) is 2.19. The number of halogens is 1. The molecule has 0 aromatic heterocycles. The van der Waals surface area contributed by atoms with Crippen LogP contribution in [0, 0.1) is 11.5 Å². The van der Waals surface area contributed by atoms with Gasteiger partial charge < -0.3 is 0 Å². The zero-order chi connectivity index (χ0) is 9.42. The number of fused-ring (bicyclic) bond motifs is 1. The maximum atomic E-state index is 8.86. The van der Waals surface area contributed by atoms with E-state index >= 15 is 0 Å². The molecule has 1 heterocycles. The van der Waals surface area contributed by atoms with E-state index in [2.05, 4.69) is 35.1 Å². The molecule has 1 aromatic carbocycles. The van der Waals surface area contributed by atoms with Gasteiger partial charge in [0.25, 0.3) is 0 Å². The lowest BCUT2D eigenvalue weighted by molar-refractivity contribution is 0.814. The second-order valence-electron chi connectivity index (χ2n) is 3.31. The molecule has 13 heavy (non-hydrogen) atoms. The highest BCUT2D eigenvalue weighted by molar-refractivity contribution is 9.10. The van der Waals surface area contributed by atoms with Crippen molar-refractivity contribution in [2.45, 2.75) is 12.8 Å². The molecule has 0 fully saturated rings. The number of nitriles is 1. The van der Waals surface area contributed by atoms with Gasteiger partial charge in [-0.1, -0.05) is 22.9 Å². The second-order valence-corrected chi connectivity index (χ2v) is 4.23. The molecular weight excluding hydrogens is 228 g/mol. The molecule has 1 unspecified atom stereocenters. The molecule has 2 rings (SSSR count). The Morgan fingerprint density at radius 2 is 2.38 bits per heavy atom. The van der Waals surface area contributed by atoms with Gasteiger partial charge in [-0.2, -0.15) is 5.26 Å². The number of hydrogen-bond donors (Lipinski definition) is 0. The van der Waals surface area contributed by atoms with E-state index in [-0.39, 0.29) is 0 Å². The predicted molar refractivity (Wildman–Crippen MR) is 55.5 cm³/mol. The molecule has 0 saturated heterocycles. The summed E-state index contributed by atoms with van der Waals surface area (Å²) in [5.74, 6) is 0.451. The fraction of sp³-hybridized carbons (Fsp3) is 0.300. The summed E-state index contributed by atoms with van der Waals surface area (Å²) >= 11 is 3.43. The van der Waals surface area contributed by atoms with Gasteiger partial charge in [0, 0.05) is 16.9 Å². The Bertz CT molecular complexity index is 381. The fourth-order valence-corrected chi connectivity index (χ4v) is 2.11. The van der Waals surface area contributed by atoms with Crippen molar-refractivity contribution in [3.05, 3.63) is 28.2 Å². The molecular formula is C10H9BrN2. The van der Waals surface area contributed by atoms with Crippen LogP contribution in [0.15, 0.2) is 22.7 Å². The third kappa shape index (κ3) is 1.31. The van der Waals surface area contributed by atoms with E-state index in [0.29, 0.717) is 5.92 Å². The van der Waals surface area contributed by atoms with Crippen LogP contribution in [-0.4, -0.2) is 6.54 Å². The Balaban J connectivity index is 2.53. The summed E-state index contributed by atoms with van der Waals surface area (Å²) in [7, 11) is 0. The molecule has 0 radical (unpaired) electrons. The monoisotopic (exact) mass is 236 g/mol. The smallest absolute Gasteiger partial charge is 0.184 e. The molecule has 0 N–H and O–H groups in total. The van der Waals surface area contributed by atoms with Crippen LogP contribution in [0.1, 0.15) is 18.4 Å². The van der Waals surface area contributed by atoms with Crippen LogP contribution in [0.2, 0.25) is 0 Å². The van der Waals surface area contributed by atoms with Crippen LogP contribution in [0.25, 0.3) is 0 Å². The first-order chi connectivity index (χ1) is 6.22. The standard InChI is InChI=1S/C10H9BrN2/c1-7-5-13(6-12)10-3-2-8(11)4-9(7)10/h2-4,7H,5H2,1H3. The predicted octanol–water partition coefficient (Wildman–Crippen LogP) is 2.85. The minimum absolute atomic E-state index is 0.451. The van der Waals surface area contributed by atoms with Crippen molar-refractivity contribution in [1.82, 2.24) is 0 Å². The normalized spacial score (nSPS) is 19.8. The molecule has 0 amide bonds. The molecule has 0 bridgehead atoms. The van der Waals surface area contributed by atoms with Gasteiger partial charge in [0.05, 0.1) is 5.69 Å². The van der Waals surface area contributed by atoms with Crippen molar-refractivity contribution in [1.29, 1.82) is 5.26 Å². The quantitative estimate of drug-likeness (QED) is 0.648. The highest BCUT2D eigenvalue weighted by Crippen LogP contribution is 2.36. The van der Waals surface area contributed by atoms with E-state index in [1.807, 2.05) is 12.1 Å². The van der Waals surface area contributed by atoms with Gasteiger partial charge in [0.2, 0.25) is 0 Å². The van der Waals surface area contributed by atoms with Gasteiger partial charge in [0.1, 0.15) is 0 Å². The lowest BCUT2D eigenvalue weighted by atomic mass is 10.0. The summed E-state index contributed by atoms with van der Waals surface area (Å²) < 4.78 is 1.08. The highest BCUT2D eigenvalue weighted by atomic mass is 79.9. The molecule has 3 heteroatoms. The topological polar surface area (TPSA) is 27.0 Å². The number of hydrogen-bond acceptors (Lipinski definition) is 2. The van der Waals surface area contributed by atoms with Crippen LogP contribution in [0.4, 0.5) is 5.69 Å². The van der Waals surface area contributed by atoms with E-state index in [0.717, 1.165) is 16.7 Å². The summed E-state index contributed by atoms with van der Waals surface area (Å²) in [5, 5.41) is 8.86. The number of anilines is 1. The van der Waals surface area contributed by atoms with Gasteiger partial charge in [-0.25, -0.2) is 0 Å². The van der Waals surface area contributed by atoms with E-state index < -0.39 is 0 Å². The maximum Gasteiger partial charge on any atom is 0.184 e. The lowest BCUT2D eigenvalue weighted by Gasteiger charge is -2.06. The summed E-state index contributed by atoms with van der Waals surface area (Å²) in [4.78, 5) is 1.74. The molecule has 1 aliphatic heterocycles. The largest absolute Gasteiger partial charge is 0.279 e. The van der Waals surface area contributed by atoms with E-state index in [4.69, 9.17) is 5.26 Å². The third-order valence-electron chi connectivity index (χ3n) is 2.39. The molecule has 0 saturated carbocycles. The van der Waals surface area contributed by atoms with Crippen LogP contribution >= 0.6 is 15.9 Å². The maximum absolute atomic E-state index is 8.86. The zero-order valence-electron chi connectivity index (χ0n) is 7.29. The van der Waals surface area contributed by atoms with Gasteiger partial charge in [-0.05, 0) is 23.8 Å². The zero-order valence-corrected chi connectivity index (χ0v) is 8.87. The minimum Gasteiger partial charge on any atom is -0.279 e. The Morgan fingerprint density at radius 1 is 1.62 bits per heavy atom.